The highest BCUT2D eigenvalue weighted by atomic mass is 16.4. The summed E-state index contributed by atoms with van der Waals surface area (Å²) in [5.41, 5.74) is 1.53. The first-order valence-corrected chi connectivity index (χ1v) is 11.8. The Morgan fingerprint density at radius 3 is 1.97 bits per heavy atom. The molecule has 0 spiro atoms. The van der Waals surface area contributed by atoms with E-state index >= 15 is 0 Å². The minimum Gasteiger partial charge on any atom is -0.508 e. The number of phenols is 3. The summed E-state index contributed by atoms with van der Waals surface area (Å²) in [5.74, 6) is -0.999. The first kappa shape index (κ1) is 22.8. The maximum absolute atomic E-state index is 11.3. The van der Waals surface area contributed by atoms with E-state index in [4.69, 9.17) is 0 Å². The van der Waals surface area contributed by atoms with Gasteiger partial charge in [-0.25, -0.2) is 0 Å². The zero-order valence-corrected chi connectivity index (χ0v) is 18.4. The van der Waals surface area contributed by atoms with Gasteiger partial charge >= 0.3 is 5.97 Å². The zero-order chi connectivity index (χ0) is 21.8. The average Bonchev–Trinajstić information content (AvgIpc) is 3.61. The van der Waals surface area contributed by atoms with E-state index in [0.29, 0.717) is 30.2 Å². The van der Waals surface area contributed by atoms with Gasteiger partial charge < -0.3 is 20.4 Å². The highest BCUT2D eigenvalue weighted by Gasteiger charge is 2.49. The molecule has 1 aromatic rings. The summed E-state index contributed by atoms with van der Waals surface area (Å²) in [6, 6.07) is 1.24. The summed E-state index contributed by atoms with van der Waals surface area (Å²) in [6.45, 7) is 2.36. The molecule has 0 heterocycles. The largest absolute Gasteiger partial charge is 0.508 e. The van der Waals surface area contributed by atoms with Gasteiger partial charge in [-0.1, -0.05) is 39.0 Å². The Morgan fingerprint density at radius 1 is 0.800 bits per heavy atom. The first-order chi connectivity index (χ1) is 14.3. The molecule has 3 rings (SSSR count). The van der Waals surface area contributed by atoms with E-state index in [0.717, 1.165) is 50.5 Å². The van der Waals surface area contributed by atoms with Crippen molar-refractivity contribution in [3.63, 3.8) is 0 Å². The fraction of sp³-hybridized carbons (Fsp3) is 0.720. The van der Waals surface area contributed by atoms with Crippen LogP contribution < -0.4 is 0 Å². The molecule has 168 valence electrons. The van der Waals surface area contributed by atoms with Crippen LogP contribution in [0.15, 0.2) is 6.07 Å². The molecule has 0 amide bonds. The van der Waals surface area contributed by atoms with Crippen LogP contribution in [0.5, 0.6) is 17.2 Å². The van der Waals surface area contributed by atoms with Gasteiger partial charge in [-0.3, -0.25) is 4.79 Å². The van der Waals surface area contributed by atoms with Crippen LogP contribution in [0.25, 0.3) is 0 Å². The van der Waals surface area contributed by atoms with Crippen molar-refractivity contribution >= 4 is 5.97 Å². The lowest BCUT2D eigenvalue weighted by molar-refractivity contribution is -0.143. The minimum atomic E-state index is -0.674. The molecule has 2 aliphatic carbocycles. The van der Waals surface area contributed by atoms with Crippen LogP contribution in [0.4, 0.5) is 0 Å². The maximum Gasteiger partial charge on any atom is 0.309 e. The molecule has 0 unspecified atom stereocenters. The fourth-order valence-corrected chi connectivity index (χ4v) is 4.62. The number of aromatic hydroxyl groups is 3. The van der Waals surface area contributed by atoms with Gasteiger partial charge in [0.1, 0.15) is 5.75 Å². The Hall–Kier alpha value is -1.91. The molecule has 0 saturated heterocycles. The van der Waals surface area contributed by atoms with E-state index in [9.17, 15) is 25.2 Å². The number of carboxylic acids is 1. The van der Waals surface area contributed by atoms with Crippen LogP contribution in [-0.2, 0) is 17.6 Å². The molecule has 4 N–H and O–H groups in total. The van der Waals surface area contributed by atoms with Crippen molar-refractivity contribution in [2.75, 3.05) is 0 Å². The maximum atomic E-state index is 11.3. The summed E-state index contributed by atoms with van der Waals surface area (Å²) in [7, 11) is 0. The molecule has 30 heavy (non-hydrogen) atoms. The van der Waals surface area contributed by atoms with Gasteiger partial charge in [-0.2, -0.15) is 0 Å². The highest BCUT2D eigenvalue weighted by Crippen LogP contribution is 2.50. The molecule has 1 aromatic carbocycles. The third kappa shape index (κ3) is 5.83. The van der Waals surface area contributed by atoms with Crippen molar-refractivity contribution in [1.82, 2.24) is 0 Å². The Labute approximate surface area is 180 Å². The van der Waals surface area contributed by atoms with Gasteiger partial charge in [0.2, 0.25) is 0 Å². The Morgan fingerprint density at radius 2 is 1.37 bits per heavy atom. The molecule has 0 bridgehead atoms. The normalized spacial score (nSPS) is 18.3. The number of rotatable bonds is 14. The van der Waals surface area contributed by atoms with Crippen molar-refractivity contribution in [2.24, 2.45) is 10.8 Å². The van der Waals surface area contributed by atoms with Gasteiger partial charge in [0, 0.05) is 17.2 Å². The van der Waals surface area contributed by atoms with Crippen LogP contribution in [0.3, 0.4) is 0 Å². The lowest BCUT2D eigenvalue weighted by Crippen LogP contribution is -2.14. The Balaban J connectivity index is 1.45. The molecule has 0 aromatic heterocycles. The van der Waals surface area contributed by atoms with Crippen LogP contribution in [0.2, 0.25) is 0 Å². The third-order valence-electron chi connectivity index (χ3n) is 7.43. The van der Waals surface area contributed by atoms with Gasteiger partial charge in [0.05, 0.1) is 5.41 Å². The minimum absolute atomic E-state index is 0.0635. The van der Waals surface area contributed by atoms with E-state index < -0.39 is 11.4 Å². The van der Waals surface area contributed by atoms with Gasteiger partial charge in [0.15, 0.2) is 11.5 Å². The Bertz CT molecular complexity index is 746. The average molecular weight is 419 g/mol. The van der Waals surface area contributed by atoms with E-state index in [1.807, 2.05) is 0 Å². The van der Waals surface area contributed by atoms with E-state index in [2.05, 4.69) is 6.92 Å². The van der Waals surface area contributed by atoms with Crippen LogP contribution in [0, 0.1) is 10.8 Å². The number of benzene rings is 1. The molecule has 0 radical (unpaired) electrons. The van der Waals surface area contributed by atoms with Crippen molar-refractivity contribution < 1.29 is 25.2 Å². The predicted octanol–water partition coefficient (Wildman–Crippen LogP) is 6.06. The lowest BCUT2D eigenvalue weighted by atomic mass is 9.93. The van der Waals surface area contributed by atoms with E-state index in [1.54, 1.807) is 0 Å². The quantitative estimate of drug-likeness (QED) is 0.167. The number of aliphatic carboxylic acids is 1. The summed E-state index contributed by atoms with van der Waals surface area (Å²) < 4.78 is 0. The Kier molecular flexibility index (Phi) is 7.20. The number of phenolic OH excluding ortho intramolecular Hbond substituents is 3. The molecule has 2 aliphatic rings. The summed E-state index contributed by atoms with van der Waals surface area (Å²) in [6.07, 6.45) is 14.7. The SMILES string of the molecule is CC1(CCCCCCc2c(O)cc(O)c(O)c2CCCCCC2(C(=O)O)CC2)CC1. The predicted molar refractivity (Wildman–Crippen MR) is 117 cm³/mol. The van der Waals surface area contributed by atoms with E-state index in [1.165, 1.54) is 38.2 Å². The zero-order valence-electron chi connectivity index (χ0n) is 18.4. The molecule has 0 atom stereocenters. The van der Waals surface area contributed by atoms with E-state index in [-0.39, 0.29) is 17.2 Å². The number of carboxylic acid groups (broad SMARTS) is 1. The van der Waals surface area contributed by atoms with Crippen molar-refractivity contribution in [1.29, 1.82) is 0 Å². The van der Waals surface area contributed by atoms with Crippen LogP contribution in [-0.4, -0.2) is 26.4 Å². The monoisotopic (exact) mass is 418 g/mol. The number of hydrogen-bond donors (Lipinski definition) is 4. The third-order valence-corrected chi connectivity index (χ3v) is 7.43. The highest BCUT2D eigenvalue weighted by molar-refractivity contribution is 5.77. The number of carbonyl (C=O) groups is 1. The summed E-state index contributed by atoms with van der Waals surface area (Å²) in [5, 5.41) is 39.9. The molecular weight excluding hydrogens is 380 g/mol. The second kappa shape index (κ2) is 9.49. The molecular formula is C25H38O5. The molecule has 5 heteroatoms. The lowest BCUT2D eigenvalue weighted by Gasteiger charge is -2.15. The van der Waals surface area contributed by atoms with Crippen molar-refractivity contribution in [2.45, 2.75) is 103 Å². The topological polar surface area (TPSA) is 98.0 Å². The summed E-state index contributed by atoms with van der Waals surface area (Å²) >= 11 is 0. The van der Waals surface area contributed by atoms with Gasteiger partial charge in [-0.15, -0.1) is 0 Å². The number of unbranched alkanes of at least 4 members (excludes halogenated alkanes) is 5. The molecule has 2 saturated carbocycles. The first-order valence-electron chi connectivity index (χ1n) is 11.8. The van der Waals surface area contributed by atoms with Crippen molar-refractivity contribution in [3.8, 4) is 17.2 Å². The standard InChI is InChI=1S/C25H38O5/c1-24(13-14-24)11-7-3-2-5-9-18-19(22(28)21(27)17-20(18)26)10-6-4-8-12-25(15-16-25)23(29)30/h17,26-28H,2-16H2,1H3,(H,29,30). The second-order valence-electron chi connectivity index (χ2n) is 10.1. The van der Waals surface area contributed by atoms with Gasteiger partial charge in [-0.05, 0) is 69.6 Å². The second-order valence-corrected chi connectivity index (χ2v) is 10.1. The van der Waals surface area contributed by atoms with Crippen LogP contribution in [0.1, 0.15) is 102 Å². The fourth-order valence-electron chi connectivity index (χ4n) is 4.62. The summed E-state index contributed by atoms with van der Waals surface area (Å²) in [4.78, 5) is 11.3. The number of hydrogen-bond acceptors (Lipinski definition) is 4. The van der Waals surface area contributed by atoms with Crippen LogP contribution >= 0.6 is 0 Å². The molecule has 2 fully saturated rings. The molecule has 0 aliphatic heterocycles. The smallest absolute Gasteiger partial charge is 0.309 e. The van der Waals surface area contributed by atoms with Gasteiger partial charge in [0.25, 0.3) is 0 Å². The van der Waals surface area contributed by atoms with Crippen molar-refractivity contribution in [3.05, 3.63) is 17.2 Å². The molecule has 5 nitrogen and oxygen atoms in total.